The number of nitrogens with zero attached hydrogens (tertiary/aromatic N) is 2. The van der Waals surface area contributed by atoms with Gasteiger partial charge in [0.05, 0.1) is 16.9 Å². The number of rotatable bonds is 3. The zero-order valence-electron chi connectivity index (χ0n) is 11.8. The molecule has 0 amide bonds. The molecule has 2 unspecified atom stereocenters. The maximum atomic E-state index is 6.33. The Balaban J connectivity index is 2.30. The lowest BCUT2D eigenvalue weighted by atomic mass is 9.66. The zero-order chi connectivity index (χ0) is 13.3. The van der Waals surface area contributed by atoms with E-state index in [1.165, 1.54) is 25.0 Å². The van der Waals surface area contributed by atoms with Gasteiger partial charge in [-0.1, -0.05) is 25.4 Å². The van der Waals surface area contributed by atoms with Gasteiger partial charge in [0.1, 0.15) is 0 Å². The van der Waals surface area contributed by atoms with Crippen molar-refractivity contribution < 1.29 is 0 Å². The Bertz CT molecular complexity index is 392. The molecule has 0 aromatic carbocycles. The van der Waals surface area contributed by atoms with Gasteiger partial charge in [-0.2, -0.15) is 5.10 Å². The minimum atomic E-state index is 0.405. The molecular formula is C14H24ClN3. The third-order valence-electron chi connectivity index (χ3n) is 4.29. The van der Waals surface area contributed by atoms with Crippen molar-refractivity contribution in [2.24, 2.45) is 18.4 Å². The third kappa shape index (κ3) is 2.72. The van der Waals surface area contributed by atoms with E-state index in [0.29, 0.717) is 17.3 Å². The van der Waals surface area contributed by atoms with Gasteiger partial charge in [-0.05, 0) is 44.2 Å². The predicted molar refractivity (Wildman–Crippen MR) is 76.0 cm³/mol. The minimum Gasteiger partial charge on any atom is -0.319 e. The maximum Gasteiger partial charge on any atom is 0.0820 e. The second-order valence-corrected chi connectivity index (χ2v) is 6.74. The highest BCUT2D eigenvalue weighted by Gasteiger charge is 2.37. The van der Waals surface area contributed by atoms with E-state index in [-0.39, 0.29) is 0 Å². The van der Waals surface area contributed by atoms with Gasteiger partial charge in [0.15, 0.2) is 0 Å². The molecule has 2 rings (SSSR count). The van der Waals surface area contributed by atoms with Gasteiger partial charge in [-0.25, -0.2) is 0 Å². The molecule has 3 nitrogen and oxygen atoms in total. The van der Waals surface area contributed by atoms with E-state index in [2.05, 4.69) is 24.3 Å². The largest absolute Gasteiger partial charge is 0.319 e. The first-order valence-electron chi connectivity index (χ1n) is 6.76. The van der Waals surface area contributed by atoms with E-state index in [9.17, 15) is 0 Å². The molecule has 4 heteroatoms. The van der Waals surface area contributed by atoms with Crippen LogP contribution in [0, 0.1) is 11.3 Å². The molecule has 0 bridgehead atoms. The molecule has 0 radical (unpaired) electrons. The van der Waals surface area contributed by atoms with E-state index >= 15 is 0 Å². The molecular weight excluding hydrogens is 246 g/mol. The zero-order valence-corrected chi connectivity index (χ0v) is 12.6. The SMILES string of the molecule is CNCC1CCC(C)(C)CC1c1c(Cl)cnn1C. The van der Waals surface area contributed by atoms with Crippen LogP contribution in [0.2, 0.25) is 5.02 Å². The smallest absolute Gasteiger partial charge is 0.0820 e. The first-order chi connectivity index (χ1) is 8.44. The molecule has 2 atom stereocenters. The summed E-state index contributed by atoms with van der Waals surface area (Å²) in [6.07, 6.45) is 5.53. The summed E-state index contributed by atoms with van der Waals surface area (Å²) in [5, 5.41) is 8.44. The summed E-state index contributed by atoms with van der Waals surface area (Å²) < 4.78 is 1.96. The van der Waals surface area contributed by atoms with Gasteiger partial charge in [0.2, 0.25) is 0 Å². The number of hydrogen-bond donors (Lipinski definition) is 1. The number of hydrogen-bond acceptors (Lipinski definition) is 2. The van der Waals surface area contributed by atoms with Crippen LogP contribution in [0.25, 0.3) is 0 Å². The summed E-state index contributed by atoms with van der Waals surface area (Å²) in [5.74, 6) is 1.18. The van der Waals surface area contributed by atoms with Gasteiger partial charge < -0.3 is 5.32 Å². The fourth-order valence-electron chi connectivity index (χ4n) is 3.31. The van der Waals surface area contributed by atoms with Crippen LogP contribution in [-0.4, -0.2) is 23.4 Å². The Morgan fingerprint density at radius 1 is 1.56 bits per heavy atom. The highest BCUT2D eigenvalue weighted by Crippen LogP contribution is 2.47. The van der Waals surface area contributed by atoms with Crippen molar-refractivity contribution in [2.45, 2.75) is 39.0 Å². The minimum absolute atomic E-state index is 0.405. The molecule has 1 aliphatic rings. The van der Waals surface area contributed by atoms with Crippen molar-refractivity contribution in [3.05, 3.63) is 16.9 Å². The van der Waals surface area contributed by atoms with Crippen LogP contribution in [0.15, 0.2) is 6.20 Å². The van der Waals surface area contributed by atoms with Crippen LogP contribution in [0.5, 0.6) is 0 Å². The molecule has 1 heterocycles. The topological polar surface area (TPSA) is 29.9 Å². The Labute approximate surface area is 115 Å². The standard InChI is InChI=1S/C14H24ClN3/c1-14(2)6-5-10(8-16-3)11(7-14)13-12(15)9-17-18(13)4/h9-11,16H,5-8H2,1-4H3. The Morgan fingerprint density at radius 2 is 2.28 bits per heavy atom. The van der Waals surface area contributed by atoms with Crippen LogP contribution >= 0.6 is 11.6 Å². The predicted octanol–water partition coefficient (Wildman–Crippen LogP) is 3.20. The molecule has 102 valence electrons. The van der Waals surface area contributed by atoms with Crippen molar-refractivity contribution in [3.63, 3.8) is 0 Å². The molecule has 18 heavy (non-hydrogen) atoms. The van der Waals surface area contributed by atoms with Crippen molar-refractivity contribution in [2.75, 3.05) is 13.6 Å². The van der Waals surface area contributed by atoms with Gasteiger partial charge in [-0.3, -0.25) is 4.68 Å². The van der Waals surface area contributed by atoms with Crippen LogP contribution in [0.4, 0.5) is 0 Å². The normalized spacial score (nSPS) is 27.4. The highest BCUT2D eigenvalue weighted by molar-refractivity contribution is 6.31. The highest BCUT2D eigenvalue weighted by atomic mass is 35.5. The molecule has 0 saturated heterocycles. The average Bonchev–Trinajstić information content (AvgIpc) is 2.61. The average molecular weight is 270 g/mol. The Kier molecular flexibility index (Phi) is 4.02. The summed E-state index contributed by atoms with van der Waals surface area (Å²) in [7, 11) is 4.03. The monoisotopic (exact) mass is 269 g/mol. The lowest BCUT2D eigenvalue weighted by Crippen LogP contribution is -2.34. The lowest BCUT2D eigenvalue weighted by molar-refractivity contribution is 0.156. The number of halogens is 1. The van der Waals surface area contributed by atoms with Gasteiger partial charge >= 0.3 is 0 Å². The molecule has 1 aliphatic carbocycles. The molecule has 1 aromatic heterocycles. The summed E-state index contributed by atoms with van der Waals surface area (Å²) in [6.45, 7) is 5.78. The van der Waals surface area contributed by atoms with E-state index in [0.717, 1.165) is 11.6 Å². The summed E-state index contributed by atoms with van der Waals surface area (Å²) in [4.78, 5) is 0. The van der Waals surface area contributed by atoms with E-state index in [1.807, 2.05) is 18.8 Å². The van der Waals surface area contributed by atoms with Gasteiger partial charge in [0, 0.05) is 13.0 Å². The van der Waals surface area contributed by atoms with Gasteiger partial charge in [0.25, 0.3) is 0 Å². The quantitative estimate of drug-likeness (QED) is 0.913. The van der Waals surface area contributed by atoms with Crippen LogP contribution in [0.1, 0.15) is 44.7 Å². The maximum absolute atomic E-state index is 6.33. The summed E-state index contributed by atoms with van der Waals surface area (Å²) in [6, 6.07) is 0. The third-order valence-corrected chi connectivity index (χ3v) is 4.58. The van der Waals surface area contributed by atoms with Crippen molar-refractivity contribution in [1.82, 2.24) is 15.1 Å². The second kappa shape index (κ2) is 5.22. The number of aromatic nitrogens is 2. The molecule has 0 spiro atoms. The van der Waals surface area contributed by atoms with E-state index in [1.54, 1.807) is 6.20 Å². The van der Waals surface area contributed by atoms with Crippen molar-refractivity contribution in [1.29, 1.82) is 0 Å². The molecule has 1 aromatic rings. The molecule has 1 N–H and O–H groups in total. The Hall–Kier alpha value is -0.540. The van der Waals surface area contributed by atoms with Crippen LogP contribution < -0.4 is 5.32 Å². The number of nitrogens with one attached hydrogen (secondary N) is 1. The van der Waals surface area contributed by atoms with E-state index in [4.69, 9.17) is 11.6 Å². The van der Waals surface area contributed by atoms with Crippen LogP contribution in [0.3, 0.4) is 0 Å². The van der Waals surface area contributed by atoms with Crippen molar-refractivity contribution >= 4 is 11.6 Å². The van der Waals surface area contributed by atoms with Gasteiger partial charge in [-0.15, -0.1) is 0 Å². The molecule has 1 fully saturated rings. The fraction of sp³-hybridized carbons (Fsp3) is 0.786. The second-order valence-electron chi connectivity index (χ2n) is 6.33. The first kappa shape index (κ1) is 13.9. The fourth-order valence-corrected chi connectivity index (χ4v) is 3.61. The summed E-state index contributed by atoms with van der Waals surface area (Å²) >= 11 is 6.33. The molecule has 1 saturated carbocycles. The Morgan fingerprint density at radius 3 is 2.83 bits per heavy atom. The lowest BCUT2D eigenvalue weighted by Gasteiger charge is -2.41. The van der Waals surface area contributed by atoms with Crippen molar-refractivity contribution in [3.8, 4) is 0 Å². The molecule has 0 aliphatic heterocycles. The number of aryl methyl sites for hydroxylation is 1. The first-order valence-corrected chi connectivity index (χ1v) is 7.14. The summed E-state index contributed by atoms with van der Waals surface area (Å²) in [5.41, 5.74) is 1.62. The van der Waals surface area contributed by atoms with Crippen LogP contribution in [-0.2, 0) is 7.05 Å². The van der Waals surface area contributed by atoms with E-state index < -0.39 is 0 Å².